The minimum atomic E-state index is 0.0812. The highest BCUT2D eigenvalue weighted by molar-refractivity contribution is 5.78. The predicted molar refractivity (Wildman–Crippen MR) is 79.2 cm³/mol. The number of rotatable bonds is 4. The van der Waals surface area contributed by atoms with Crippen LogP contribution in [0.2, 0.25) is 0 Å². The molecule has 1 aliphatic rings. The van der Waals surface area contributed by atoms with Crippen molar-refractivity contribution >= 4 is 5.91 Å². The van der Waals surface area contributed by atoms with Crippen LogP contribution in [-0.4, -0.2) is 24.6 Å². The minimum Gasteiger partial charge on any atom is -0.454 e. The molecule has 21 heavy (non-hydrogen) atoms. The van der Waals surface area contributed by atoms with Crippen LogP contribution in [0.1, 0.15) is 11.1 Å². The summed E-state index contributed by atoms with van der Waals surface area (Å²) in [7, 11) is 1.82. The lowest BCUT2D eigenvalue weighted by Crippen LogP contribution is -2.27. The third-order valence-electron chi connectivity index (χ3n) is 3.48. The summed E-state index contributed by atoms with van der Waals surface area (Å²) < 4.78 is 10.6. The van der Waals surface area contributed by atoms with E-state index in [9.17, 15) is 4.79 Å². The van der Waals surface area contributed by atoms with E-state index in [0.717, 1.165) is 16.9 Å². The van der Waals surface area contributed by atoms with E-state index < -0.39 is 0 Å². The molecule has 3 rings (SSSR count). The van der Waals surface area contributed by atoms with Gasteiger partial charge in [0.2, 0.25) is 12.7 Å². The first-order valence-electron chi connectivity index (χ1n) is 6.89. The lowest BCUT2D eigenvalue weighted by molar-refractivity contribution is -0.129. The molecule has 0 saturated carbocycles. The van der Waals surface area contributed by atoms with E-state index in [1.807, 2.05) is 55.6 Å². The second-order valence-corrected chi connectivity index (χ2v) is 5.10. The molecule has 0 fully saturated rings. The number of carbonyl (C=O) groups excluding carboxylic acids is 1. The average Bonchev–Trinajstić information content (AvgIpc) is 2.95. The highest BCUT2D eigenvalue weighted by Crippen LogP contribution is 2.32. The van der Waals surface area contributed by atoms with Gasteiger partial charge in [0.1, 0.15) is 0 Å². The van der Waals surface area contributed by atoms with Gasteiger partial charge in [-0.2, -0.15) is 0 Å². The number of hydrogen-bond acceptors (Lipinski definition) is 3. The molecule has 1 aliphatic heterocycles. The van der Waals surface area contributed by atoms with Crippen LogP contribution in [0.4, 0.5) is 0 Å². The Morgan fingerprint density at radius 1 is 1.05 bits per heavy atom. The lowest BCUT2D eigenvalue weighted by Gasteiger charge is -2.17. The van der Waals surface area contributed by atoms with Crippen molar-refractivity contribution in [1.29, 1.82) is 0 Å². The normalized spacial score (nSPS) is 12.2. The molecule has 0 spiro atoms. The van der Waals surface area contributed by atoms with Gasteiger partial charge in [-0.3, -0.25) is 4.79 Å². The van der Waals surface area contributed by atoms with E-state index in [4.69, 9.17) is 9.47 Å². The number of amides is 1. The Hall–Kier alpha value is -2.49. The zero-order valence-corrected chi connectivity index (χ0v) is 11.9. The summed E-state index contributed by atoms with van der Waals surface area (Å²) in [6, 6.07) is 15.6. The Balaban J connectivity index is 1.63. The topological polar surface area (TPSA) is 38.8 Å². The van der Waals surface area contributed by atoms with Crippen molar-refractivity contribution in [1.82, 2.24) is 4.90 Å². The van der Waals surface area contributed by atoms with Gasteiger partial charge in [0.05, 0.1) is 6.42 Å². The van der Waals surface area contributed by atoms with Gasteiger partial charge in [0.15, 0.2) is 11.5 Å². The molecular weight excluding hydrogens is 266 g/mol. The third kappa shape index (κ3) is 3.16. The summed E-state index contributed by atoms with van der Waals surface area (Å²) in [6.45, 7) is 0.866. The summed E-state index contributed by atoms with van der Waals surface area (Å²) in [6.07, 6.45) is 0.361. The monoisotopic (exact) mass is 283 g/mol. The molecule has 2 aromatic carbocycles. The highest BCUT2D eigenvalue weighted by atomic mass is 16.7. The van der Waals surface area contributed by atoms with Crippen LogP contribution in [0.3, 0.4) is 0 Å². The predicted octanol–water partition coefficient (Wildman–Crippen LogP) is 2.62. The van der Waals surface area contributed by atoms with Crippen molar-refractivity contribution < 1.29 is 14.3 Å². The first-order valence-corrected chi connectivity index (χ1v) is 6.89. The summed E-state index contributed by atoms with van der Waals surface area (Å²) >= 11 is 0. The lowest BCUT2D eigenvalue weighted by atomic mass is 10.1. The fourth-order valence-corrected chi connectivity index (χ4v) is 2.31. The van der Waals surface area contributed by atoms with Crippen molar-refractivity contribution in [3.05, 3.63) is 59.7 Å². The Bertz CT molecular complexity index is 640. The van der Waals surface area contributed by atoms with Gasteiger partial charge in [0.25, 0.3) is 0 Å². The molecule has 0 N–H and O–H groups in total. The molecule has 4 nitrogen and oxygen atoms in total. The highest BCUT2D eigenvalue weighted by Gasteiger charge is 2.16. The van der Waals surface area contributed by atoms with Crippen LogP contribution in [0.25, 0.3) is 0 Å². The van der Waals surface area contributed by atoms with Crippen LogP contribution < -0.4 is 9.47 Å². The minimum absolute atomic E-state index is 0.0812. The fraction of sp³-hybridized carbons (Fsp3) is 0.235. The van der Waals surface area contributed by atoms with Gasteiger partial charge < -0.3 is 14.4 Å². The smallest absolute Gasteiger partial charge is 0.231 e. The van der Waals surface area contributed by atoms with Crippen molar-refractivity contribution in [3.63, 3.8) is 0 Å². The van der Waals surface area contributed by atoms with Gasteiger partial charge in [0, 0.05) is 13.6 Å². The second kappa shape index (κ2) is 5.87. The third-order valence-corrected chi connectivity index (χ3v) is 3.48. The summed E-state index contributed by atoms with van der Waals surface area (Å²) in [5.74, 6) is 1.53. The average molecular weight is 283 g/mol. The molecule has 0 aliphatic carbocycles. The molecular formula is C17H17NO3. The van der Waals surface area contributed by atoms with Crippen molar-refractivity contribution in [2.45, 2.75) is 13.0 Å². The zero-order valence-electron chi connectivity index (χ0n) is 11.9. The van der Waals surface area contributed by atoms with Crippen LogP contribution >= 0.6 is 0 Å². The van der Waals surface area contributed by atoms with E-state index in [1.165, 1.54) is 0 Å². The SMILES string of the molecule is CN(Cc1ccccc1)C(=O)Cc1ccc2c(c1)OCO2. The summed E-state index contributed by atoms with van der Waals surface area (Å²) in [4.78, 5) is 14.0. The van der Waals surface area contributed by atoms with Gasteiger partial charge >= 0.3 is 0 Å². The molecule has 108 valence electrons. The molecule has 1 heterocycles. The van der Waals surface area contributed by atoms with E-state index >= 15 is 0 Å². The Kier molecular flexibility index (Phi) is 3.77. The molecule has 0 saturated heterocycles. The first kappa shape index (κ1) is 13.5. The van der Waals surface area contributed by atoms with Crippen molar-refractivity contribution in [2.75, 3.05) is 13.8 Å². The van der Waals surface area contributed by atoms with Gasteiger partial charge in [-0.1, -0.05) is 36.4 Å². The van der Waals surface area contributed by atoms with Crippen LogP contribution in [0.15, 0.2) is 48.5 Å². The van der Waals surface area contributed by atoms with Crippen LogP contribution in [0.5, 0.6) is 11.5 Å². The number of benzene rings is 2. The largest absolute Gasteiger partial charge is 0.454 e. The Labute approximate surface area is 123 Å². The molecule has 1 amide bonds. The van der Waals surface area contributed by atoms with E-state index in [2.05, 4.69) is 0 Å². The molecule has 0 radical (unpaired) electrons. The Morgan fingerprint density at radius 2 is 1.81 bits per heavy atom. The van der Waals surface area contributed by atoms with Crippen molar-refractivity contribution in [3.8, 4) is 11.5 Å². The van der Waals surface area contributed by atoms with E-state index in [-0.39, 0.29) is 12.7 Å². The second-order valence-electron chi connectivity index (χ2n) is 5.10. The zero-order chi connectivity index (χ0) is 14.7. The molecule has 0 atom stereocenters. The first-order chi connectivity index (χ1) is 10.2. The Morgan fingerprint density at radius 3 is 2.62 bits per heavy atom. The number of ether oxygens (including phenoxy) is 2. The quantitative estimate of drug-likeness (QED) is 0.866. The van der Waals surface area contributed by atoms with E-state index in [1.54, 1.807) is 4.90 Å². The maximum atomic E-state index is 12.3. The number of nitrogens with zero attached hydrogens (tertiary/aromatic N) is 1. The van der Waals surface area contributed by atoms with Gasteiger partial charge in [-0.05, 0) is 23.3 Å². The molecule has 2 aromatic rings. The molecule has 0 bridgehead atoms. The number of fused-ring (bicyclic) bond motifs is 1. The molecule has 0 aromatic heterocycles. The van der Waals surface area contributed by atoms with Crippen LogP contribution in [0, 0.1) is 0 Å². The molecule has 0 unspecified atom stereocenters. The van der Waals surface area contributed by atoms with Gasteiger partial charge in [-0.15, -0.1) is 0 Å². The number of likely N-dealkylation sites (N-methyl/N-ethyl adjacent to an activating group) is 1. The van der Waals surface area contributed by atoms with Gasteiger partial charge in [-0.25, -0.2) is 0 Å². The van der Waals surface area contributed by atoms with E-state index in [0.29, 0.717) is 18.7 Å². The maximum Gasteiger partial charge on any atom is 0.231 e. The fourth-order valence-electron chi connectivity index (χ4n) is 2.31. The number of carbonyl (C=O) groups is 1. The van der Waals surface area contributed by atoms with Crippen LogP contribution in [-0.2, 0) is 17.8 Å². The summed E-state index contributed by atoms with van der Waals surface area (Å²) in [5.41, 5.74) is 2.06. The maximum absolute atomic E-state index is 12.3. The standard InChI is InChI=1S/C17H17NO3/c1-18(11-13-5-3-2-4-6-13)17(19)10-14-7-8-15-16(9-14)21-12-20-15/h2-9H,10-12H2,1H3. The summed E-state index contributed by atoms with van der Waals surface area (Å²) in [5, 5.41) is 0. The van der Waals surface area contributed by atoms with Crippen molar-refractivity contribution in [2.24, 2.45) is 0 Å². The number of hydrogen-bond donors (Lipinski definition) is 0. The molecule has 4 heteroatoms.